The standard InChI is InChI=1S/C10H8F14O3/c1-25-3-4(11,12)5(13,14)9(21,22)27-10(23,24)7(17,18)6(15,16)8(19,20)26-2/h3H2,1-2H3. The van der Waals surface area contributed by atoms with Crippen molar-refractivity contribution in [1.29, 1.82) is 0 Å². The lowest BCUT2D eigenvalue weighted by Crippen LogP contribution is -2.67. The molecule has 0 radical (unpaired) electrons. The second kappa shape index (κ2) is 7.06. The first kappa shape index (κ1) is 25.9. The van der Waals surface area contributed by atoms with E-state index in [0.29, 0.717) is 0 Å². The van der Waals surface area contributed by atoms with E-state index >= 15 is 0 Å². The molecule has 164 valence electrons. The van der Waals surface area contributed by atoms with Gasteiger partial charge in [0.15, 0.2) is 0 Å². The van der Waals surface area contributed by atoms with Crippen molar-refractivity contribution in [1.82, 2.24) is 0 Å². The number of methoxy groups -OCH3 is 2. The van der Waals surface area contributed by atoms with Gasteiger partial charge in [0.05, 0.1) is 0 Å². The molecule has 17 heteroatoms. The maximum atomic E-state index is 13.0. The Balaban J connectivity index is 6.05. The molecule has 0 bridgehead atoms. The summed E-state index contributed by atoms with van der Waals surface area (Å²) in [6.07, 6.45) is -21.2. The molecule has 0 atom stereocenters. The minimum Gasteiger partial charge on any atom is -0.378 e. The molecule has 0 amide bonds. The predicted molar refractivity (Wildman–Crippen MR) is 54.6 cm³/mol. The van der Waals surface area contributed by atoms with E-state index in [4.69, 9.17) is 0 Å². The SMILES string of the molecule is COCC(F)(F)C(F)(F)C(F)(F)OC(F)(F)C(F)(F)C(F)(F)C(F)(F)OC. The van der Waals surface area contributed by atoms with E-state index in [1.165, 1.54) is 0 Å². The summed E-state index contributed by atoms with van der Waals surface area (Å²) in [4.78, 5) is 0. The maximum absolute atomic E-state index is 13.0. The smallest absolute Gasteiger partial charge is 0.378 e. The van der Waals surface area contributed by atoms with Gasteiger partial charge in [0.2, 0.25) is 0 Å². The van der Waals surface area contributed by atoms with Crippen LogP contribution in [0.5, 0.6) is 0 Å². The molecule has 0 aromatic carbocycles. The van der Waals surface area contributed by atoms with Gasteiger partial charge in [0, 0.05) is 14.2 Å². The first-order valence-corrected chi connectivity index (χ1v) is 5.97. The number of hydrogen-bond acceptors (Lipinski definition) is 3. The molecule has 0 rings (SSSR count). The number of rotatable bonds is 10. The molecular weight excluding hydrogens is 434 g/mol. The summed E-state index contributed by atoms with van der Waals surface area (Å²) in [6, 6.07) is 0. The third-order valence-electron chi connectivity index (χ3n) is 2.79. The third kappa shape index (κ3) is 4.03. The fraction of sp³-hybridized carbons (Fsp3) is 1.00. The lowest BCUT2D eigenvalue weighted by Gasteiger charge is -2.38. The minimum absolute atomic E-state index is 0.263. The summed E-state index contributed by atoms with van der Waals surface area (Å²) in [6.45, 7) is -2.57. The topological polar surface area (TPSA) is 27.7 Å². The first-order valence-electron chi connectivity index (χ1n) is 5.97. The molecule has 0 N–H and O–H groups in total. The van der Waals surface area contributed by atoms with E-state index in [9.17, 15) is 61.5 Å². The van der Waals surface area contributed by atoms with Gasteiger partial charge in [0.25, 0.3) is 0 Å². The van der Waals surface area contributed by atoms with Gasteiger partial charge in [-0.3, -0.25) is 0 Å². The van der Waals surface area contributed by atoms with Gasteiger partial charge in [0.1, 0.15) is 6.61 Å². The van der Waals surface area contributed by atoms with Crippen molar-refractivity contribution in [2.24, 2.45) is 0 Å². The molecule has 0 fully saturated rings. The molecule has 0 aromatic heterocycles. The van der Waals surface area contributed by atoms with Gasteiger partial charge in [-0.1, -0.05) is 0 Å². The van der Waals surface area contributed by atoms with Gasteiger partial charge in [-0.05, 0) is 0 Å². The Morgan fingerprint density at radius 1 is 0.519 bits per heavy atom. The fourth-order valence-electron chi connectivity index (χ4n) is 1.27. The largest absolute Gasteiger partial charge is 0.430 e. The van der Waals surface area contributed by atoms with Crippen LogP contribution in [0.15, 0.2) is 0 Å². The normalized spacial score (nSPS) is 16.0. The van der Waals surface area contributed by atoms with Crippen molar-refractivity contribution in [3.8, 4) is 0 Å². The Bertz CT molecular complexity index is 517. The molecule has 27 heavy (non-hydrogen) atoms. The lowest BCUT2D eigenvalue weighted by atomic mass is 10.1. The zero-order valence-electron chi connectivity index (χ0n) is 12.7. The van der Waals surface area contributed by atoms with Crippen LogP contribution in [0.2, 0.25) is 0 Å². The Hall–Kier alpha value is -1.10. The van der Waals surface area contributed by atoms with Crippen molar-refractivity contribution in [3.05, 3.63) is 0 Å². The Morgan fingerprint density at radius 2 is 0.852 bits per heavy atom. The average molecular weight is 442 g/mol. The molecule has 0 saturated carbocycles. The van der Waals surface area contributed by atoms with Crippen LogP contribution in [0.3, 0.4) is 0 Å². The minimum atomic E-state index is -7.63. The van der Waals surface area contributed by atoms with Crippen LogP contribution in [0.1, 0.15) is 0 Å². The highest BCUT2D eigenvalue weighted by Gasteiger charge is 2.85. The fourth-order valence-corrected chi connectivity index (χ4v) is 1.27. The molecule has 3 nitrogen and oxygen atoms in total. The number of alkyl halides is 14. The second-order valence-electron chi connectivity index (χ2n) is 4.72. The molecule has 0 aliphatic rings. The Morgan fingerprint density at radius 3 is 1.19 bits per heavy atom. The summed E-state index contributed by atoms with van der Waals surface area (Å²) >= 11 is 0. The Kier molecular flexibility index (Phi) is 6.77. The van der Waals surface area contributed by atoms with Crippen LogP contribution < -0.4 is 0 Å². The van der Waals surface area contributed by atoms with E-state index in [1.54, 1.807) is 4.74 Å². The van der Waals surface area contributed by atoms with Crippen LogP contribution in [0.25, 0.3) is 0 Å². The highest BCUT2D eigenvalue weighted by Crippen LogP contribution is 2.56. The average Bonchev–Trinajstić information content (AvgIpc) is 2.44. The van der Waals surface area contributed by atoms with Crippen molar-refractivity contribution >= 4 is 0 Å². The predicted octanol–water partition coefficient (Wildman–Crippen LogP) is 4.62. The second-order valence-corrected chi connectivity index (χ2v) is 4.72. The van der Waals surface area contributed by atoms with Crippen molar-refractivity contribution in [2.75, 3.05) is 20.8 Å². The van der Waals surface area contributed by atoms with Gasteiger partial charge >= 0.3 is 42.0 Å². The van der Waals surface area contributed by atoms with Crippen molar-refractivity contribution in [2.45, 2.75) is 42.0 Å². The molecule has 0 aromatic rings. The summed E-state index contributed by atoms with van der Waals surface area (Å²) in [5.41, 5.74) is 0. The van der Waals surface area contributed by atoms with Crippen LogP contribution >= 0.6 is 0 Å². The maximum Gasteiger partial charge on any atom is 0.430 e. The molecule has 0 aliphatic heterocycles. The van der Waals surface area contributed by atoms with Crippen LogP contribution in [-0.4, -0.2) is 62.8 Å². The molecule has 0 saturated heterocycles. The summed E-state index contributed by atoms with van der Waals surface area (Å²) in [5.74, 6) is -28.0. The van der Waals surface area contributed by atoms with E-state index in [0.717, 1.165) is 0 Å². The van der Waals surface area contributed by atoms with Crippen LogP contribution in [0, 0.1) is 0 Å². The monoisotopic (exact) mass is 442 g/mol. The first-order chi connectivity index (χ1) is 11.6. The highest BCUT2D eigenvalue weighted by molar-refractivity contribution is 4.99. The van der Waals surface area contributed by atoms with E-state index in [2.05, 4.69) is 9.47 Å². The summed E-state index contributed by atoms with van der Waals surface area (Å²) in [5, 5.41) is 0. The molecule has 0 unspecified atom stereocenters. The van der Waals surface area contributed by atoms with Crippen molar-refractivity contribution < 1.29 is 75.7 Å². The van der Waals surface area contributed by atoms with Gasteiger partial charge < -0.3 is 9.47 Å². The van der Waals surface area contributed by atoms with Gasteiger partial charge in [-0.25, -0.2) is 4.74 Å². The zero-order chi connectivity index (χ0) is 22.3. The van der Waals surface area contributed by atoms with Crippen molar-refractivity contribution in [3.63, 3.8) is 0 Å². The van der Waals surface area contributed by atoms with E-state index in [-0.39, 0.29) is 14.2 Å². The van der Waals surface area contributed by atoms with Gasteiger partial charge in [-0.2, -0.15) is 61.5 Å². The van der Waals surface area contributed by atoms with Gasteiger partial charge in [-0.15, -0.1) is 0 Å². The molecular formula is C10H8F14O3. The molecule has 0 spiro atoms. The van der Waals surface area contributed by atoms with E-state index in [1.807, 2.05) is 0 Å². The summed E-state index contributed by atoms with van der Waals surface area (Å²) < 4.78 is 189. The zero-order valence-corrected chi connectivity index (χ0v) is 12.7. The molecule has 0 aliphatic carbocycles. The van der Waals surface area contributed by atoms with Crippen LogP contribution in [0.4, 0.5) is 61.5 Å². The number of hydrogen-bond donors (Lipinski definition) is 0. The lowest BCUT2D eigenvalue weighted by molar-refractivity contribution is -0.518. The molecule has 0 heterocycles. The third-order valence-corrected chi connectivity index (χ3v) is 2.79. The highest BCUT2D eigenvalue weighted by atomic mass is 19.4. The number of ether oxygens (including phenoxy) is 3. The van der Waals surface area contributed by atoms with E-state index < -0.39 is 48.6 Å². The number of halogens is 14. The summed E-state index contributed by atoms with van der Waals surface area (Å²) in [7, 11) is -0.115. The Labute approximate surface area is 140 Å². The van der Waals surface area contributed by atoms with Crippen LogP contribution in [-0.2, 0) is 14.2 Å². The quantitative estimate of drug-likeness (QED) is 0.463.